The summed E-state index contributed by atoms with van der Waals surface area (Å²) >= 11 is 0. The van der Waals surface area contributed by atoms with Crippen LogP contribution >= 0.6 is 30.2 Å². The van der Waals surface area contributed by atoms with Crippen LogP contribution in [-0.4, -0.2) is 17.3 Å². The summed E-state index contributed by atoms with van der Waals surface area (Å²) in [6.07, 6.45) is 2.82. The fraction of sp³-hybridized carbons (Fsp3) is 0.375. The molecule has 0 amide bonds. The van der Waals surface area contributed by atoms with Crippen molar-refractivity contribution in [3.8, 4) is 0 Å². The number of aromatic nitrogens is 1. The van der Waals surface area contributed by atoms with Gasteiger partial charge < -0.3 is 0 Å². The molecule has 0 saturated heterocycles. The van der Waals surface area contributed by atoms with Gasteiger partial charge in [0.25, 0.3) is 0 Å². The topological polar surface area (TPSA) is 42.0 Å². The molecule has 1 atom stereocenters. The zero-order chi connectivity index (χ0) is 10.1. The molecule has 76 valence electrons. The molecule has 0 bridgehead atoms. The summed E-state index contributed by atoms with van der Waals surface area (Å²) in [4.78, 5) is 4.19. The quantitative estimate of drug-likeness (QED) is 0.456. The van der Waals surface area contributed by atoms with Gasteiger partial charge >= 0.3 is 8.61 Å². The van der Waals surface area contributed by atoms with Gasteiger partial charge in [-0.3, -0.25) is 0 Å². The van der Waals surface area contributed by atoms with Crippen LogP contribution < -0.4 is 5.09 Å². The minimum atomic E-state index is -0.386. The minimum Gasteiger partial charge on any atom is -0.249 e. The molecule has 1 N–H and O–H groups in total. The van der Waals surface area contributed by atoms with Crippen LogP contribution in [0.1, 0.15) is 6.42 Å². The lowest BCUT2D eigenvalue weighted by molar-refractivity contribution is 0.591. The van der Waals surface area contributed by atoms with E-state index in [9.17, 15) is 4.57 Å². The molecule has 0 spiro atoms. The van der Waals surface area contributed by atoms with Crippen molar-refractivity contribution < 1.29 is 4.57 Å². The molecule has 3 nitrogen and oxygen atoms in total. The number of nitrogens with zero attached hydrogens (tertiary/aromatic N) is 1. The van der Waals surface area contributed by atoms with Gasteiger partial charge in [0.1, 0.15) is 5.03 Å². The third kappa shape index (κ3) is 5.60. The average Bonchev–Trinajstić information content (AvgIpc) is 2.25. The van der Waals surface area contributed by atoms with Gasteiger partial charge in [-0.05, 0) is 29.3 Å². The normalized spacial score (nSPS) is 10.6. The van der Waals surface area contributed by atoms with E-state index in [2.05, 4.69) is 10.1 Å². The summed E-state index contributed by atoms with van der Waals surface area (Å²) in [6.45, 7) is 0.817. The van der Waals surface area contributed by atoms with E-state index in [1.165, 1.54) is 0 Å². The lowest BCUT2D eigenvalue weighted by Gasteiger charge is -1.97. The van der Waals surface area contributed by atoms with Crippen LogP contribution in [-0.2, 0) is 4.57 Å². The van der Waals surface area contributed by atoms with Crippen LogP contribution in [0.15, 0.2) is 29.4 Å². The Labute approximate surface area is 93.1 Å². The number of hydrogen-bond acceptors (Lipinski definition) is 4. The van der Waals surface area contributed by atoms with Gasteiger partial charge in [-0.2, -0.15) is 0 Å². The smallest absolute Gasteiger partial charge is 0.249 e. The highest BCUT2D eigenvalue weighted by Crippen LogP contribution is 2.29. The number of hydrogen-bond donors (Lipinski definition) is 1. The number of pyridine rings is 1. The molecule has 0 aliphatic heterocycles. The van der Waals surface area contributed by atoms with Crippen molar-refractivity contribution in [3.63, 3.8) is 0 Å². The molecule has 0 radical (unpaired) electrons. The van der Waals surface area contributed by atoms with Crippen LogP contribution in [0.2, 0.25) is 0 Å². The molecular formula is C8H12N2OPS2+. The SMILES string of the molecule is O=[PH+]NCCCSSc1ccccn1. The maximum absolute atomic E-state index is 10.1. The van der Waals surface area contributed by atoms with Crippen molar-refractivity contribution in [2.24, 2.45) is 0 Å². The molecule has 0 fully saturated rings. The molecule has 6 heteroatoms. The molecule has 1 rings (SSSR count). The molecule has 0 aliphatic carbocycles. The van der Waals surface area contributed by atoms with E-state index in [4.69, 9.17) is 0 Å². The molecule has 0 saturated carbocycles. The third-order valence-electron chi connectivity index (χ3n) is 1.38. The van der Waals surface area contributed by atoms with E-state index in [1.54, 1.807) is 27.8 Å². The van der Waals surface area contributed by atoms with Crippen molar-refractivity contribution in [1.82, 2.24) is 10.1 Å². The van der Waals surface area contributed by atoms with Crippen molar-refractivity contribution in [2.75, 3.05) is 12.3 Å². The van der Waals surface area contributed by atoms with Gasteiger partial charge in [-0.1, -0.05) is 21.4 Å². The highest BCUT2D eigenvalue weighted by Gasteiger charge is 1.95. The first kappa shape index (κ1) is 12.0. The molecule has 0 aromatic carbocycles. The van der Waals surface area contributed by atoms with E-state index < -0.39 is 0 Å². The largest absolute Gasteiger partial charge is 0.418 e. The predicted octanol–water partition coefficient (Wildman–Crippen LogP) is 2.74. The van der Waals surface area contributed by atoms with E-state index in [0.717, 1.165) is 23.7 Å². The first-order chi connectivity index (χ1) is 6.93. The summed E-state index contributed by atoms with van der Waals surface area (Å²) in [7, 11) is 3.07. The van der Waals surface area contributed by atoms with Crippen LogP contribution in [0.25, 0.3) is 0 Å². The molecule has 1 aromatic rings. The first-order valence-electron chi connectivity index (χ1n) is 4.24. The lowest BCUT2D eigenvalue weighted by atomic mass is 10.5. The summed E-state index contributed by atoms with van der Waals surface area (Å²) in [5.41, 5.74) is 0. The molecule has 14 heavy (non-hydrogen) atoms. The van der Waals surface area contributed by atoms with Crippen molar-refractivity contribution in [1.29, 1.82) is 0 Å². The van der Waals surface area contributed by atoms with E-state index in [1.807, 2.05) is 18.2 Å². The number of nitrogens with one attached hydrogen (secondary N) is 1. The zero-order valence-corrected chi connectivity index (χ0v) is 10.2. The van der Waals surface area contributed by atoms with Crippen LogP contribution in [0.4, 0.5) is 0 Å². The van der Waals surface area contributed by atoms with Gasteiger partial charge in [0.2, 0.25) is 0 Å². The second-order valence-electron chi connectivity index (χ2n) is 2.46. The van der Waals surface area contributed by atoms with Crippen molar-refractivity contribution in [2.45, 2.75) is 11.4 Å². The van der Waals surface area contributed by atoms with Gasteiger partial charge in [-0.25, -0.2) is 4.98 Å². The molecule has 1 heterocycles. The second-order valence-corrected chi connectivity index (χ2v) is 5.45. The molecule has 0 aliphatic rings. The van der Waals surface area contributed by atoms with E-state index in [-0.39, 0.29) is 8.61 Å². The van der Waals surface area contributed by atoms with Crippen molar-refractivity contribution >= 4 is 30.2 Å². The maximum Gasteiger partial charge on any atom is 0.418 e. The van der Waals surface area contributed by atoms with E-state index >= 15 is 0 Å². The van der Waals surface area contributed by atoms with Gasteiger partial charge in [-0.15, -0.1) is 5.09 Å². The summed E-state index contributed by atoms with van der Waals surface area (Å²) in [5, 5.41) is 3.82. The molecule has 1 aromatic heterocycles. The standard InChI is InChI=1S/C8H11N2OPS2/c11-12-10-6-3-7-13-14-8-4-1-2-5-9-8/h1-2,4-5H,3,6-7H2,(H,10,11)/p+1. The van der Waals surface area contributed by atoms with Crippen LogP contribution in [0.3, 0.4) is 0 Å². The zero-order valence-electron chi connectivity index (χ0n) is 7.60. The number of rotatable bonds is 7. The first-order valence-corrected chi connectivity index (χ1v) is 7.46. The second kappa shape index (κ2) is 8.24. The van der Waals surface area contributed by atoms with Gasteiger partial charge in [0.15, 0.2) is 0 Å². The third-order valence-corrected chi connectivity index (χ3v) is 4.13. The summed E-state index contributed by atoms with van der Waals surface area (Å²) < 4.78 is 10.1. The van der Waals surface area contributed by atoms with Crippen LogP contribution in [0, 0.1) is 0 Å². The molecular weight excluding hydrogens is 235 g/mol. The lowest BCUT2D eigenvalue weighted by Crippen LogP contribution is -2.01. The Kier molecular flexibility index (Phi) is 7.05. The Morgan fingerprint density at radius 1 is 1.50 bits per heavy atom. The Morgan fingerprint density at radius 2 is 2.43 bits per heavy atom. The Morgan fingerprint density at radius 3 is 3.14 bits per heavy atom. The minimum absolute atomic E-state index is 0.386. The highest BCUT2D eigenvalue weighted by atomic mass is 33.1. The summed E-state index contributed by atoms with van der Waals surface area (Å²) in [6, 6.07) is 5.89. The van der Waals surface area contributed by atoms with Gasteiger partial charge in [0, 0.05) is 18.5 Å². The molecule has 1 unspecified atom stereocenters. The fourth-order valence-electron chi connectivity index (χ4n) is 0.769. The predicted molar refractivity (Wildman–Crippen MR) is 64.2 cm³/mol. The van der Waals surface area contributed by atoms with Crippen molar-refractivity contribution in [3.05, 3.63) is 24.4 Å². The Hall–Kier alpha value is -0.0900. The van der Waals surface area contributed by atoms with Crippen LogP contribution in [0.5, 0.6) is 0 Å². The van der Waals surface area contributed by atoms with E-state index in [0.29, 0.717) is 0 Å². The maximum atomic E-state index is 10.1. The summed E-state index contributed by atoms with van der Waals surface area (Å²) in [5.74, 6) is 1.04. The fourth-order valence-corrected chi connectivity index (χ4v) is 3.01. The Balaban J connectivity index is 2.02. The Bertz CT molecular complexity index is 261. The average molecular weight is 247 g/mol. The monoisotopic (exact) mass is 247 g/mol. The highest BCUT2D eigenvalue weighted by molar-refractivity contribution is 8.76. The van der Waals surface area contributed by atoms with Gasteiger partial charge in [0.05, 0.1) is 0 Å².